The van der Waals surface area contributed by atoms with Crippen LogP contribution in [0.3, 0.4) is 0 Å². The summed E-state index contributed by atoms with van der Waals surface area (Å²) >= 11 is 0. The molecule has 2 aromatic rings. The number of aliphatic hydroxyl groups excluding tert-OH is 2. The number of alkyl halides is 3. The van der Waals surface area contributed by atoms with Crippen molar-refractivity contribution in [3.63, 3.8) is 0 Å². The Morgan fingerprint density at radius 3 is 2.41 bits per heavy atom. The fourth-order valence-electron chi connectivity index (χ4n) is 2.98. The van der Waals surface area contributed by atoms with Gasteiger partial charge in [-0.2, -0.15) is 13.2 Å². The Morgan fingerprint density at radius 1 is 1.19 bits per heavy atom. The second-order valence-corrected chi connectivity index (χ2v) is 6.22. The summed E-state index contributed by atoms with van der Waals surface area (Å²) in [4.78, 5) is 25.0. The van der Waals surface area contributed by atoms with E-state index in [2.05, 4.69) is 0 Å². The van der Waals surface area contributed by atoms with Gasteiger partial charge in [0.1, 0.15) is 17.9 Å². The van der Waals surface area contributed by atoms with Crippen LogP contribution in [-0.4, -0.2) is 38.2 Å². The van der Waals surface area contributed by atoms with Crippen molar-refractivity contribution in [3.05, 3.63) is 68.5 Å². The van der Waals surface area contributed by atoms with Crippen molar-refractivity contribution in [2.75, 3.05) is 6.61 Å². The summed E-state index contributed by atoms with van der Waals surface area (Å²) in [5.41, 5.74) is -3.48. The van der Waals surface area contributed by atoms with Crippen LogP contribution in [0, 0.1) is 0 Å². The van der Waals surface area contributed by atoms with Crippen molar-refractivity contribution < 1.29 is 28.1 Å². The quantitative estimate of drug-likeness (QED) is 0.808. The molecule has 146 valence electrons. The van der Waals surface area contributed by atoms with Crippen molar-refractivity contribution in [2.45, 2.75) is 37.6 Å². The predicted molar refractivity (Wildman–Crippen MR) is 87.1 cm³/mol. The molecular weight excluding hydrogens is 369 g/mol. The number of rotatable bonds is 4. The molecule has 0 amide bonds. The smallest absolute Gasteiger partial charge is 0.394 e. The first-order valence-corrected chi connectivity index (χ1v) is 8.14. The summed E-state index contributed by atoms with van der Waals surface area (Å²) in [5, 5.41) is 18.9. The van der Waals surface area contributed by atoms with Crippen molar-refractivity contribution in [2.24, 2.45) is 0 Å². The zero-order valence-corrected chi connectivity index (χ0v) is 14.0. The fraction of sp³-hybridized carbons (Fsp3) is 0.412. The molecule has 2 heterocycles. The summed E-state index contributed by atoms with van der Waals surface area (Å²) in [6, 6.07) is 8.12. The average Bonchev–Trinajstić information content (AvgIpc) is 2.99. The van der Waals surface area contributed by atoms with E-state index >= 15 is 0 Å². The lowest BCUT2D eigenvalue weighted by Crippen LogP contribution is -2.44. The lowest BCUT2D eigenvalue weighted by atomic mass is 10.2. The van der Waals surface area contributed by atoms with E-state index in [9.17, 15) is 27.9 Å². The zero-order valence-electron chi connectivity index (χ0n) is 14.0. The second-order valence-electron chi connectivity index (χ2n) is 6.22. The first-order valence-electron chi connectivity index (χ1n) is 8.14. The first kappa shape index (κ1) is 19.3. The Balaban J connectivity index is 2.13. The first-order chi connectivity index (χ1) is 12.7. The minimum Gasteiger partial charge on any atom is -0.394 e. The van der Waals surface area contributed by atoms with E-state index in [0.717, 1.165) is 0 Å². The molecule has 0 bridgehead atoms. The highest BCUT2D eigenvalue weighted by Crippen LogP contribution is 2.30. The van der Waals surface area contributed by atoms with E-state index in [4.69, 9.17) is 9.84 Å². The fourth-order valence-corrected chi connectivity index (χ4v) is 2.98. The monoisotopic (exact) mass is 386 g/mol. The van der Waals surface area contributed by atoms with E-state index in [1.54, 1.807) is 30.3 Å². The second kappa shape index (κ2) is 7.29. The van der Waals surface area contributed by atoms with Gasteiger partial charge in [-0.05, 0) is 5.56 Å². The lowest BCUT2D eigenvalue weighted by molar-refractivity contribution is -0.140. The highest BCUT2D eigenvalue weighted by molar-refractivity contribution is 5.17. The Bertz CT molecular complexity index is 923. The van der Waals surface area contributed by atoms with Crippen LogP contribution in [0.4, 0.5) is 13.2 Å². The topological polar surface area (TPSA) is 93.7 Å². The maximum Gasteiger partial charge on any atom is 0.423 e. The van der Waals surface area contributed by atoms with Gasteiger partial charge in [0.25, 0.3) is 5.56 Å². The SMILES string of the molecule is O=c1c(C(F)(F)F)cn([C@H]2C[C@H](O)[C@@H](CO)O2)c(=O)n1Cc1ccccc1. The molecule has 7 nitrogen and oxygen atoms in total. The van der Waals surface area contributed by atoms with Crippen LogP contribution in [0.1, 0.15) is 23.8 Å². The van der Waals surface area contributed by atoms with Gasteiger partial charge in [0.2, 0.25) is 0 Å². The van der Waals surface area contributed by atoms with Gasteiger partial charge in [-0.25, -0.2) is 4.79 Å². The molecular formula is C17H17F3N2O5. The predicted octanol–water partition coefficient (Wildman–Crippen LogP) is 0.718. The highest BCUT2D eigenvalue weighted by atomic mass is 19.4. The number of hydrogen-bond donors (Lipinski definition) is 2. The van der Waals surface area contributed by atoms with Crippen molar-refractivity contribution in [1.82, 2.24) is 9.13 Å². The Morgan fingerprint density at radius 2 is 1.85 bits per heavy atom. The lowest BCUT2D eigenvalue weighted by Gasteiger charge is -2.19. The van der Waals surface area contributed by atoms with Gasteiger partial charge in [0, 0.05) is 12.6 Å². The largest absolute Gasteiger partial charge is 0.423 e. The summed E-state index contributed by atoms with van der Waals surface area (Å²) < 4.78 is 46.4. The molecule has 2 N–H and O–H groups in total. The molecule has 3 atom stereocenters. The van der Waals surface area contributed by atoms with E-state index in [1.165, 1.54) is 0 Å². The van der Waals surface area contributed by atoms with Crippen LogP contribution < -0.4 is 11.2 Å². The summed E-state index contributed by atoms with van der Waals surface area (Å²) in [5.74, 6) is 0. The Kier molecular flexibility index (Phi) is 5.22. The van der Waals surface area contributed by atoms with Crippen LogP contribution >= 0.6 is 0 Å². The molecule has 0 unspecified atom stereocenters. The standard InChI is InChI=1S/C17H17F3N2O5/c18-17(19,20)11-8-21(14-6-12(24)13(9-23)27-14)16(26)22(15(11)25)7-10-4-2-1-3-5-10/h1-5,8,12-14,23-24H,6-7,9H2/t12-,13+,14+/m0/s1. The molecule has 10 heteroatoms. The van der Waals surface area contributed by atoms with Gasteiger partial charge in [0.15, 0.2) is 0 Å². The summed E-state index contributed by atoms with van der Waals surface area (Å²) in [6.07, 6.45) is -8.15. The van der Waals surface area contributed by atoms with Gasteiger partial charge in [-0.3, -0.25) is 13.9 Å². The number of aliphatic hydroxyl groups is 2. The van der Waals surface area contributed by atoms with Gasteiger partial charge in [-0.15, -0.1) is 0 Å². The molecule has 0 spiro atoms. The molecule has 27 heavy (non-hydrogen) atoms. The molecule has 0 saturated carbocycles. The minimum atomic E-state index is -4.97. The van der Waals surface area contributed by atoms with E-state index in [1.807, 2.05) is 0 Å². The summed E-state index contributed by atoms with van der Waals surface area (Å²) in [6.45, 7) is -0.899. The molecule has 3 rings (SSSR count). The highest BCUT2D eigenvalue weighted by Gasteiger charge is 2.39. The molecule has 1 aliphatic heterocycles. The third-order valence-electron chi connectivity index (χ3n) is 4.38. The molecule has 1 aromatic heterocycles. The maximum absolute atomic E-state index is 13.3. The van der Waals surface area contributed by atoms with Crippen molar-refractivity contribution >= 4 is 0 Å². The van der Waals surface area contributed by atoms with Crippen LogP contribution in [0.25, 0.3) is 0 Å². The third-order valence-corrected chi connectivity index (χ3v) is 4.38. The number of benzene rings is 1. The van der Waals surface area contributed by atoms with Gasteiger partial charge in [0.05, 0.1) is 19.3 Å². The van der Waals surface area contributed by atoms with Crippen molar-refractivity contribution in [1.29, 1.82) is 0 Å². The van der Waals surface area contributed by atoms with Gasteiger partial charge in [-0.1, -0.05) is 30.3 Å². The van der Waals surface area contributed by atoms with Gasteiger partial charge < -0.3 is 14.9 Å². The van der Waals surface area contributed by atoms with Crippen molar-refractivity contribution in [3.8, 4) is 0 Å². The Hall–Kier alpha value is -2.43. The molecule has 0 radical (unpaired) electrons. The zero-order chi connectivity index (χ0) is 19.8. The van der Waals surface area contributed by atoms with Crippen LogP contribution in [0.15, 0.2) is 46.1 Å². The third kappa shape index (κ3) is 3.82. The molecule has 1 saturated heterocycles. The number of hydrogen-bond acceptors (Lipinski definition) is 5. The minimum absolute atomic E-state index is 0.189. The van der Waals surface area contributed by atoms with E-state index < -0.39 is 48.0 Å². The van der Waals surface area contributed by atoms with Crippen LogP contribution in [0.5, 0.6) is 0 Å². The molecule has 1 aromatic carbocycles. The Labute approximate surface area is 150 Å². The number of halogens is 3. The number of aromatic nitrogens is 2. The van der Waals surface area contributed by atoms with Crippen LogP contribution in [-0.2, 0) is 17.5 Å². The average molecular weight is 386 g/mol. The maximum atomic E-state index is 13.3. The molecule has 1 aliphatic rings. The van der Waals surface area contributed by atoms with E-state index in [0.29, 0.717) is 20.9 Å². The normalized spacial score (nSPS) is 22.9. The summed E-state index contributed by atoms with van der Waals surface area (Å²) in [7, 11) is 0. The van der Waals surface area contributed by atoms with E-state index in [-0.39, 0.29) is 13.0 Å². The van der Waals surface area contributed by atoms with Gasteiger partial charge >= 0.3 is 11.9 Å². The number of nitrogens with zero attached hydrogens (tertiary/aromatic N) is 2. The molecule has 0 aliphatic carbocycles. The van der Waals surface area contributed by atoms with Crippen LogP contribution in [0.2, 0.25) is 0 Å². The number of ether oxygens (including phenoxy) is 1. The molecule has 1 fully saturated rings.